The molecule has 3 rings (SSSR count). The average molecular weight is 432 g/mol. The van der Waals surface area contributed by atoms with Crippen LogP contribution in [0.1, 0.15) is 17.3 Å². The van der Waals surface area contributed by atoms with Crippen LogP contribution in [0.25, 0.3) is 10.2 Å². The van der Waals surface area contributed by atoms with Crippen molar-refractivity contribution in [2.45, 2.75) is 16.7 Å². The first-order valence-corrected chi connectivity index (χ1v) is 12.2. The highest BCUT2D eigenvalue weighted by molar-refractivity contribution is 7.99. The van der Waals surface area contributed by atoms with Gasteiger partial charge in [0.15, 0.2) is 5.13 Å². The highest BCUT2D eigenvalue weighted by Crippen LogP contribution is 2.35. The number of hydrogen-bond donors (Lipinski definition) is 0. The van der Waals surface area contributed by atoms with Gasteiger partial charge in [-0.3, -0.25) is 9.69 Å². The van der Waals surface area contributed by atoms with Crippen molar-refractivity contribution in [1.29, 1.82) is 0 Å². The number of thiazole rings is 1. The van der Waals surface area contributed by atoms with E-state index in [-0.39, 0.29) is 5.91 Å². The molecule has 2 aromatic carbocycles. The van der Waals surface area contributed by atoms with Crippen molar-refractivity contribution < 1.29 is 4.79 Å². The number of rotatable bonds is 8. The summed E-state index contributed by atoms with van der Waals surface area (Å²) in [7, 11) is 4.04. The van der Waals surface area contributed by atoms with Gasteiger partial charge in [0.05, 0.1) is 15.8 Å². The molecular formula is C21H25N3OS3. The standard InChI is InChI=1S/C21H25N3OS3/c1-5-27-16-10-7-6-9-15(16)20(25)24(14-13-23(2)3)21-22-19-17(26-4)11-8-12-18(19)28-21/h6-12H,5,13-14H2,1-4H3. The van der Waals surface area contributed by atoms with Crippen LogP contribution in [0.15, 0.2) is 52.3 Å². The molecule has 0 bridgehead atoms. The molecule has 4 nitrogen and oxygen atoms in total. The Hall–Kier alpha value is -1.54. The number of nitrogens with zero attached hydrogens (tertiary/aromatic N) is 3. The summed E-state index contributed by atoms with van der Waals surface area (Å²) < 4.78 is 1.11. The van der Waals surface area contributed by atoms with E-state index in [2.05, 4.69) is 36.3 Å². The Kier molecular flexibility index (Phi) is 7.40. The Morgan fingerprint density at radius 1 is 1.07 bits per heavy atom. The minimum absolute atomic E-state index is 0.0168. The Morgan fingerprint density at radius 2 is 1.82 bits per heavy atom. The van der Waals surface area contributed by atoms with Crippen molar-refractivity contribution in [1.82, 2.24) is 9.88 Å². The quantitative estimate of drug-likeness (QED) is 0.450. The fraction of sp³-hybridized carbons (Fsp3) is 0.333. The van der Waals surface area contributed by atoms with Crippen molar-refractivity contribution in [3.8, 4) is 0 Å². The number of aromatic nitrogens is 1. The van der Waals surface area contributed by atoms with E-state index in [1.807, 2.05) is 43.3 Å². The molecule has 0 fully saturated rings. The summed E-state index contributed by atoms with van der Waals surface area (Å²) in [6.07, 6.45) is 2.06. The number of benzene rings is 2. The molecular weight excluding hydrogens is 406 g/mol. The van der Waals surface area contributed by atoms with Crippen LogP contribution in [0.3, 0.4) is 0 Å². The van der Waals surface area contributed by atoms with Gasteiger partial charge >= 0.3 is 0 Å². The summed E-state index contributed by atoms with van der Waals surface area (Å²) in [6.45, 7) is 3.48. The van der Waals surface area contributed by atoms with E-state index in [4.69, 9.17) is 4.98 Å². The first kappa shape index (κ1) is 21.2. The lowest BCUT2D eigenvalue weighted by molar-refractivity contribution is 0.0982. The molecule has 0 aliphatic rings. The summed E-state index contributed by atoms with van der Waals surface area (Å²) >= 11 is 4.97. The molecule has 1 aromatic heterocycles. The first-order chi connectivity index (χ1) is 13.5. The van der Waals surface area contributed by atoms with Gasteiger partial charge in [-0.15, -0.1) is 23.5 Å². The van der Waals surface area contributed by atoms with Crippen molar-refractivity contribution in [2.24, 2.45) is 0 Å². The Bertz CT molecular complexity index is 955. The number of carbonyl (C=O) groups excluding carboxylic acids is 1. The molecule has 0 atom stereocenters. The summed E-state index contributed by atoms with van der Waals surface area (Å²) in [6, 6.07) is 14.1. The van der Waals surface area contributed by atoms with Gasteiger partial charge < -0.3 is 4.90 Å². The number of fused-ring (bicyclic) bond motifs is 1. The second-order valence-corrected chi connectivity index (χ2v) is 9.66. The van der Waals surface area contributed by atoms with E-state index in [0.717, 1.165) is 43.0 Å². The predicted molar refractivity (Wildman–Crippen MR) is 124 cm³/mol. The zero-order valence-electron chi connectivity index (χ0n) is 16.6. The van der Waals surface area contributed by atoms with E-state index in [1.54, 1.807) is 34.9 Å². The first-order valence-electron chi connectivity index (χ1n) is 9.17. The molecule has 0 unspecified atom stereocenters. The maximum absolute atomic E-state index is 13.5. The van der Waals surface area contributed by atoms with E-state index < -0.39 is 0 Å². The van der Waals surface area contributed by atoms with Crippen LogP contribution in [0, 0.1) is 0 Å². The van der Waals surface area contributed by atoms with Crippen molar-refractivity contribution >= 4 is 56.1 Å². The molecule has 1 amide bonds. The van der Waals surface area contributed by atoms with Crippen LogP contribution in [-0.4, -0.2) is 55.0 Å². The third-order valence-electron chi connectivity index (χ3n) is 4.25. The van der Waals surface area contributed by atoms with E-state index >= 15 is 0 Å². The molecule has 28 heavy (non-hydrogen) atoms. The van der Waals surface area contributed by atoms with Gasteiger partial charge in [0, 0.05) is 22.9 Å². The smallest absolute Gasteiger partial charge is 0.261 e. The van der Waals surface area contributed by atoms with Crippen LogP contribution in [0.2, 0.25) is 0 Å². The van der Waals surface area contributed by atoms with Gasteiger partial charge in [0.1, 0.15) is 0 Å². The average Bonchev–Trinajstić information content (AvgIpc) is 3.12. The second kappa shape index (κ2) is 9.78. The maximum Gasteiger partial charge on any atom is 0.261 e. The summed E-state index contributed by atoms with van der Waals surface area (Å²) in [5, 5.41) is 0.764. The second-order valence-electron chi connectivity index (χ2n) is 6.49. The highest BCUT2D eigenvalue weighted by Gasteiger charge is 2.24. The van der Waals surface area contributed by atoms with Gasteiger partial charge in [-0.1, -0.05) is 36.5 Å². The number of para-hydroxylation sites is 1. The van der Waals surface area contributed by atoms with Crippen LogP contribution in [0.4, 0.5) is 5.13 Å². The van der Waals surface area contributed by atoms with Gasteiger partial charge in [0.2, 0.25) is 0 Å². The number of thioether (sulfide) groups is 2. The molecule has 0 N–H and O–H groups in total. The van der Waals surface area contributed by atoms with E-state index in [0.29, 0.717) is 6.54 Å². The fourth-order valence-electron chi connectivity index (χ4n) is 2.85. The molecule has 0 aliphatic heterocycles. The largest absolute Gasteiger partial charge is 0.308 e. The van der Waals surface area contributed by atoms with Crippen LogP contribution < -0.4 is 4.90 Å². The SMILES string of the molecule is CCSc1ccccc1C(=O)N(CCN(C)C)c1nc2c(SC)cccc2s1. The number of amides is 1. The van der Waals surface area contributed by atoms with Crippen molar-refractivity contribution in [3.63, 3.8) is 0 Å². The third-order valence-corrected chi connectivity index (χ3v) is 7.02. The van der Waals surface area contributed by atoms with Gasteiger partial charge in [-0.25, -0.2) is 4.98 Å². The Labute approximate surface area is 179 Å². The van der Waals surface area contributed by atoms with Crippen molar-refractivity contribution in [2.75, 3.05) is 44.1 Å². The zero-order chi connectivity index (χ0) is 20.1. The monoisotopic (exact) mass is 431 g/mol. The third kappa shape index (κ3) is 4.71. The summed E-state index contributed by atoms with van der Waals surface area (Å²) in [5.74, 6) is 0.948. The molecule has 0 radical (unpaired) electrons. The number of carbonyl (C=O) groups is 1. The topological polar surface area (TPSA) is 36.4 Å². The number of likely N-dealkylation sites (N-methyl/N-ethyl adjacent to an activating group) is 1. The van der Waals surface area contributed by atoms with E-state index in [1.165, 1.54) is 0 Å². The minimum atomic E-state index is 0.0168. The molecule has 1 heterocycles. The van der Waals surface area contributed by atoms with Crippen LogP contribution >= 0.6 is 34.9 Å². The summed E-state index contributed by atoms with van der Waals surface area (Å²) in [5.41, 5.74) is 1.73. The highest BCUT2D eigenvalue weighted by atomic mass is 32.2. The fourth-order valence-corrected chi connectivity index (χ4v) is 5.29. The lowest BCUT2D eigenvalue weighted by atomic mass is 10.2. The van der Waals surface area contributed by atoms with Gasteiger partial charge in [-0.2, -0.15) is 0 Å². The van der Waals surface area contributed by atoms with Crippen LogP contribution in [-0.2, 0) is 0 Å². The number of anilines is 1. The molecule has 7 heteroatoms. The summed E-state index contributed by atoms with van der Waals surface area (Å²) in [4.78, 5) is 24.5. The lowest BCUT2D eigenvalue weighted by Gasteiger charge is -2.23. The Morgan fingerprint density at radius 3 is 2.54 bits per heavy atom. The molecule has 3 aromatic rings. The van der Waals surface area contributed by atoms with Gasteiger partial charge in [0.25, 0.3) is 5.91 Å². The molecule has 0 spiro atoms. The van der Waals surface area contributed by atoms with Crippen LogP contribution in [0.5, 0.6) is 0 Å². The Balaban J connectivity index is 2.03. The molecule has 148 valence electrons. The number of hydrogen-bond acceptors (Lipinski definition) is 6. The van der Waals surface area contributed by atoms with Gasteiger partial charge in [-0.05, 0) is 50.4 Å². The predicted octanol–water partition coefficient (Wildman–Crippen LogP) is 5.34. The van der Waals surface area contributed by atoms with E-state index in [9.17, 15) is 4.79 Å². The zero-order valence-corrected chi connectivity index (χ0v) is 19.1. The maximum atomic E-state index is 13.5. The van der Waals surface area contributed by atoms with Crippen molar-refractivity contribution in [3.05, 3.63) is 48.0 Å². The lowest BCUT2D eigenvalue weighted by Crippen LogP contribution is -2.37. The molecule has 0 saturated carbocycles. The molecule has 0 saturated heterocycles. The molecule has 0 aliphatic carbocycles. The normalized spacial score (nSPS) is 11.3. The minimum Gasteiger partial charge on any atom is -0.308 e.